The Morgan fingerprint density at radius 1 is 1.59 bits per heavy atom. The quantitative estimate of drug-likeness (QED) is 0.373. The van der Waals surface area contributed by atoms with Crippen LogP contribution >= 0.6 is 0 Å². The number of nitrogens with zero attached hydrogens (tertiary/aromatic N) is 2. The highest BCUT2D eigenvalue weighted by Crippen LogP contribution is 2.18. The van der Waals surface area contributed by atoms with Gasteiger partial charge in [-0.3, -0.25) is 4.99 Å². The number of hydrogen-bond acceptors (Lipinski definition) is 6. The third-order valence-electron chi connectivity index (χ3n) is 2.19. The summed E-state index contributed by atoms with van der Waals surface area (Å²) in [6.45, 7) is 3.28. The van der Waals surface area contributed by atoms with Gasteiger partial charge in [0.05, 0.1) is 7.11 Å². The second kappa shape index (κ2) is 5.29. The number of carbonyl (C=O) groups is 1. The molecule has 0 atom stereocenters. The zero-order chi connectivity index (χ0) is 13.0. The van der Waals surface area contributed by atoms with E-state index in [0.717, 1.165) is 0 Å². The van der Waals surface area contributed by atoms with Crippen molar-refractivity contribution in [1.82, 2.24) is 5.16 Å². The van der Waals surface area contributed by atoms with Gasteiger partial charge in [-0.25, -0.2) is 4.79 Å². The molecule has 92 valence electrons. The number of carbonyl (C=O) groups excluding carboxylic acids is 1. The van der Waals surface area contributed by atoms with Crippen LogP contribution in [-0.4, -0.2) is 36.1 Å². The maximum atomic E-state index is 11.6. The molecule has 1 rings (SSSR count). The van der Waals surface area contributed by atoms with E-state index < -0.39 is 5.97 Å². The van der Waals surface area contributed by atoms with E-state index in [4.69, 9.17) is 4.52 Å². The molecule has 1 aromatic heterocycles. The van der Waals surface area contributed by atoms with Crippen molar-refractivity contribution in [3.63, 3.8) is 0 Å². The lowest BCUT2D eigenvalue weighted by molar-refractivity contribution is -0.135. The summed E-state index contributed by atoms with van der Waals surface area (Å²) in [7, 11) is 2.74. The first-order valence-corrected chi connectivity index (χ1v) is 4.90. The van der Waals surface area contributed by atoms with Gasteiger partial charge >= 0.3 is 5.97 Å². The molecule has 6 heteroatoms. The van der Waals surface area contributed by atoms with Crippen molar-refractivity contribution in [2.75, 3.05) is 14.2 Å². The monoisotopic (exact) mass is 238 g/mol. The summed E-state index contributed by atoms with van der Waals surface area (Å²) in [6, 6.07) is 1.52. The first-order chi connectivity index (χ1) is 8.01. The molecule has 0 aliphatic heterocycles. The summed E-state index contributed by atoms with van der Waals surface area (Å²) in [6.07, 6.45) is 0. The smallest absolute Gasteiger partial charge is 0.343 e. The Bertz CT molecular complexity index is 485. The fourth-order valence-corrected chi connectivity index (χ4v) is 1.24. The molecule has 0 saturated carbocycles. The van der Waals surface area contributed by atoms with Gasteiger partial charge in [0.1, 0.15) is 17.0 Å². The number of aliphatic imine (C=N–C) groups is 1. The summed E-state index contributed by atoms with van der Waals surface area (Å²) in [4.78, 5) is 15.4. The summed E-state index contributed by atoms with van der Waals surface area (Å²) < 4.78 is 9.42. The van der Waals surface area contributed by atoms with Gasteiger partial charge in [-0.2, -0.15) is 0 Å². The first kappa shape index (κ1) is 13.0. The average Bonchev–Trinajstić information content (AvgIpc) is 2.75. The number of aliphatic hydroxyl groups is 1. The fraction of sp³-hybridized carbons (Fsp3) is 0.364. The summed E-state index contributed by atoms with van der Waals surface area (Å²) >= 11 is 0. The molecule has 0 spiro atoms. The third-order valence-corrected chi connectivity index (χ3v) is 2.19. The van der Waals surface area contributed by atoms with E-state index in [9.17, 15) is 9.90 Å². The zero-order valence-electron chi connectivity index (χ0n) is 10.1. The molecular formula is C11H14N2O4. The molecule has 1 N–H and O–H groups in total. The normalized spacial score (nSPS) is 13.3. The topological polar surface area (TPSA) is 84.9 Å². The Balaban J connectivity index is 3.33. The number of aromatic nitrogens is 1. The van der Waals surface area contributed by atoms with Gasteiger partial charge in [0, 0.05) is 18.8 Å². The predicted octanol–water partition coefficient (Wildman–Crippen LogP) is 1.52. The SMILES string of the molecule is CN=C(C)C(C(=O)OC)=C(O)c1cc(C)on1. The van der Waals surface area contributed by atoms with Gasteiger partial charge < -0.3 is 14.4 Å². The van der Waals surface area contributed by atoms with Crippen LogP contribution in [0, 0.1) is 6.92 Å². The molecule has 0 aromatic carbocycles. The van der Waals surface area contributed by atoms with Crippen LogP contribution in [0.4, 0.5) is 0 Å². The van der Waals surface area contributed by atoms with E-state index in [1.807, 2.05) is 0 Å². The van der Waals surface area contributed by atoms with Gasteiger partial charge in [0.25, 0.3) is 0 Å². The van der Waals surface area contributed by atoms with Crippen molar-refractivity contribution in [3.05, 3.63) is 23.1 Å². The van der Waals surface area contributed by atoms with Crippen molar-refractivity contribution in [1.29, 1.82) is 0 Å². The molecule has 0 aliphatic rings. The Hall–Kier alpha value is -2.11. The number of aryl methyl sites for hydroxylation is 1. The van der Waals surface area contributed by atoms with Crippen LogP contribution < -0.4 is 0 Å². The van der Waals surface area contributed by atoms with E-state index in [1.165, 1.54) is 20.2 Å². The lowest BCUT2D eigenvalue weighted by Crippen LogP contribution is -2.14. The summed E-state index contributed by atoms with van der Waals surface area (Å²) in [5.41, 5.74) is 0.504. The standard InChI is InChI=1S/C11H14N2O4/c1-6-5-8(13-17-6)10(14)9(7(2)12-3)11(15)16-4/h5,14H,1-4H3. The molecular weight excluding hydrogens is 224 g/mol. The zero-order valence-corrected chi connectivity index (χ0v) is 10.1. The minimum absolute atomic E-state index is 0.0247. The van der Waals surface area contributed by atoms with E-state index in [0.29, 0.717) is 11.5 Å². The highest BCUT2D eigenvalue weighted by atomic mass is 16.5. The largest absolute Gasteiger partial charge is 0.505 e. The van der Waals surface area contributed by atoms with Gasteiger partial charge in [0.2, 0.25) is 0 Å². The van der Waals surface area contributed by atoms with Crippen molar-refractivity contribution >= 4 is 17.4 Å². The second-order valence-corrected chi connectivity index (χ2v) is 3.35. The Morgan fingerprint density at radius 2 is 2.24 bits per heavy atom. The van der Waals surface area contributed by atoms with Crippen LogP contribution in [0.5, 0.6) is 0 Å². The van der Waals surface area contributed by atoms with Crippen molar-refractivity contribution < 1.29 is 19.2 Å². The van der Waals surface area contributed by atoms with Crippen molar-refractivity contribution in [2.24, 2.45) is 4.99 Å². The highest BCUT2D eigenvalue weighted by molar-refractivity contribution is 6.23. The minimum atomic E-state index is -0.675. The van der Waals surface area contributed by atoms with Crippen LogP contribution in [0.2, 0.25) is 0 Å². The van der Waals surface area contributed by atoms with Crippen LogP contribution in [0.3, 0.4) is 0 Å². The fourth-order valence-electron chi connectivity index (χ4n) is 1.24. The summed E-state index contributed by atoms with van der Waals surface area (Å²) in [5, 5.41) is 13.6. The molecule has 1 heterocycles. The highest BCUT2D eigenvalue weighted by Gasteiger charge is 2.21. The first-order valence-electron chi connectivity index (χ1n) is 4.90. The van der Waals surface area contributed by atoms with Gasteiger partial charge in [0.15, 0.2) is 5.76 Å². The van der Waals surface area contributed by atoms with E-state index in [1.54, 1.807) is 13.8 Å². The third kappa shape index (κ3) is 2.72. The van der Waals surface area contributed by atoms with E-state index in [2.05, 4.69) is 14.9 Å². The molecule has 1 aromatic rings. The molecule has 0 fully saturated rings. The number of hydrogen-bond donors (Lipinski definition) is 1. The van der Waals surface area contributed by atoms with E-state index >= 15 is 0 Å². The molecule has 17 heavy (non-hydrogen) atoms. The number of methoxy groups -OCH3 is 1. The van der Waals surface area contributed by atoms with Crippen LogP contribution in [-0.2, 0) is 9.53 Å². The van der Waals surface area contributed by atoms with Crippen LogP contribution in [0.15, 0.2) is 21.2 Å². The molecule has 0 aliphatic carbocycles. The maximum Gasteiger partial charge on any atom is 0.343 e. The minimum Gasteiger partial charge on any atom is -0.505 e. The molecule has 6 nitrogen and oxygen atoms in total. The molecule has 0 saturated heterocycles. The van der Waals surface area contributed by atoms with Gasteiger partial charge in [-0.1, -0.05) is 5.16 Å². The number of rotatable bonds is 3. The van der Waals surface area contributed by atoms with Gasteiger partial charge in [-0.05, 0) is 13.8 Å². The molecule has 0 unspecified atom stereocenters. The lowest BCUT2D eigenvalue weighted by Gasteiger charge is -2.06. The number of ether oxygens (including phenoxy) is 1. The number of esters is 1. The van der Waals surface area contributed by atoms with Crippen LogP contribution in [0.25, 0.3) is 5.76 Å². The lowest BCUT2D eigenvalue weighted by atomic mass is 10.1. The average molecular weight is 238 g/mol. The van der Waals surface area contributed by atoms with Crippen molar-refractivity contribution in [3.8, 4) is 0 Å². The number of aliphatic hydroxyl groups excluding tert-OH is 1. The molecule has 0 bridgehead atoms. The van der Waals surface area contributed by atoms with Crippen molar-refractivity contribution in [2.45, 2.75) is 13.8 Å². The Morgan fingerprint density at radius 3 is 2.65 bits per heavy atom. The molecule has 0 amide bonds. The summed E-state index contributed by atoms with van der Waals surface area (Å²) in [5.74, 6) is -0.454. The molecule has 0 radical (unpaired) electrons. The van der Waals surface area contributed by atoms with Gasteiger partial charge in [-0.15, -0.1) is 0 Å². The van der Waals surface area contributed by atoms with Crippen LogP contribution in [0.1, 0.15) is 18.4 Å². The van der Waals surface area contributed by atoms with E-state index in [-0.39, 0.29) is 17.0 Å². The maximum absolute atomic E-state index is 11.6. The second-order valence-electron chi connectivity index (χ2n) is 3.35. The predicted molar refractivity (Wildman–Crippen MR) is 61.8 cm³/mol. The Labute approximate surface area is 98.6 Å². The Kier molecular flexibility index (Phi) is 4.03.